The maximum Gasteiger partial charge on any atom is 0.0541 e. The lowest BCUT2D eigenvalue weighted by atomic mass is 9.91. The van der Waals surface area contributed by atoms with Crippen LogP contribution in [0.1, 0.15) is 0 Å². The zero-order valence-electron chi connectivity index (χ0n) is 29.9. The van der Waals surface area contributed by atoms with E-state index in [1.165, 1.54) is 75.0 Å². The van der Waals surface area contributed by atoms with Crippen molar-refractivity contribution in [3.8, 4) is 27.9 Å². The fourth-order valence-corrected chi connectivity index (χ4v) is 9.64. The third-order valence-corrected chi connectivity index (χ3v) is 12.1. The van der Waals surface area contributed by atoms with Gasteiger partial charge in [-0.1, -0.05) is 140 Å². The van der Waals surface area contributed by atoms with Crippen LogP contribution < -0.4 is 4.90 Å². The van der Waals surface area contributed by atoms with Crippen molar-refractivity contribution >= 4 is 81.1 Å². The molecule has 2 aromatic heterocycles. The van der Waals surface area contributed by atoms with Crippen LogP contribution >= 0.6 is 11.3 Å². The second-order valence-electron chi connectivity index (χ2n) is 14.1. The average molecular weight is 719 g/mol. The van der Waals surface area contributed by atoms with Gasteiger partial charge >= 0.3 is 0 Å². The fourth-order valence-electron chi connectivity index (χ4n) is 8.50. The smallest absolute Gasteiger partial charge is 0.0541 e. The van der Waals surface area contributed by atoms with Crippen molar-refractivity contribution in [1.29, 1.82) is 0 Å². The van der Waals surface area contributed by atoms with Gasteiger partial charge < -0.3 is 9.47 Å². The van der Waals surface area contributed by atoms with Crippen LogP contribution in [-0.4, -0.2) is 4.57 Å². The first-order valence-electron chi connectivity index (χ1n) is 18.8. The molecule has 9 aromatic carbocycles. The number of aromatic nitrogens is 1. The van der Waals surface area contributed by atoms with Gasteiger partial charge in [0.05, 0.1) is 11.0 Å². The number of para-hydroxylation sites is 2. The van der Waals surface area contributed by atoms with Crippen molar-refractivity contribution in [2.75, 3.05) is 4.90 Å². The Bertz CT molecular complexity index is 3150. The molecule has 0 N–H and O–H groups in total. The molecule has 55 heavy (non-hydrogen) atoms. The summed E-state index contributed by atoms with van der Waals surface area (Å²) < 4.78 is 4.97. The SMILES string of the molecule is c1ccc(-c2cccc3cccc(-c4cccc(N(c5ccc(-n6c7ccccc7c7ccccc76)cc5)c5ccc6c(c5)sc5ccccc56)c4)c23)cc1. The summed E-state index contributed by atoms with van der Waals surface area (Å²) in [4.78, 5) is 2.41. The van der Waals surface area contributed by atoms with Gasteiger partial charge in [-0.05, 0) is 99.8 Å². The lowest BCUT2D eigenvalue weighted by Crippen LogP contribution is -2.10. The van der Waals surface area contributed by atoms with Gasteiger partial charge in [-0.2, -0.15) is 0 Å². The highest BCUT2D eigenvalue weighted by molar-refractivity contribution is 7.25. The molecule has 0 spiro atoms. The Morgan fingerprint density at radius 2 is 0.927 bits per heavy atom. The highest BCUT2D eigenvalue weighted by atomic mass is 32.1. The zero-order valence-corrected chi connectivity index (χ0v) is 30.7. The summed E-state index contributed by atoms with van der Waals surface area (Å²) in [6.45, 7) is 0. The first kappa shape index (κ1) is 31.6. The van der Waals surface area contributed by atoms with Gasteiger partial charge in [0.15, 0.2) is 0 Å². The highest BCUT2D eigenvalue weighted by Gasteiger charge is 2.18. The highest BCUT2D eigenvalue weighted by Crippen LogP contribution is 2.43. The third kappa shape index (κ3) is 5.24. The second-order valence-corrected chi connectivity index (χ2v) is 15.2. The van der Waals surface area contributed by atoms with Gasteiger partial charge in [0, 0.05) is 53.7 Å². The molecule has 0 aliphatic rings. The first-order chi connectivity index (χ1) is 27.3. The van der Waals surface area contributed by atoms with Crippen LogP contribution in [0.25, 0.3) is 80.7 Å². The number of rotatable bonds is 6. The molecule has 2 nitrogen and oxygen atoms in total. The third-order valence-electron chi connectivity index (χ3n) is 11.0. The summed E-state index contributed by atoms with van der Waals surface area (Å²) in [6, 6.07) is 75.2. The van der Waals surface area contributed by atoms with Crippen LogP contribution in [0.3, 0.4) is 0 Å². The Labute approximate surface area is 323 Å². The molecule has 11 aromatic rings. The van der Waals surface area contributed by atoms with Gasteiger partial charge in [0.1, 0.15) is 0 Å². The minimum atomic E-state index is 1.10. The summed E-state index contributed by atoms with van der Waals surface area (Å²) >= 11 is 1.86. The Morgan fingerprint density at radius 1 is 0.364 bits per heavy atom. The molecule has 0 atom stereocenters. The molecule has 0 unspecified atom stereocenters. The summed E-state index contributed by atoms with van der Waals surface area (Å²) in [5.41, 5.74) is 11.8. The topological polar surface area (TPSA) is 8.17 Å². The molecule has 0 saturated carbocycles. The number of hydrogen-bond acceptors (Lipinski definition) is 2. The normalized spacial score (nSPS) is 11.6. The van der Waals surface area contributed by atoms with Gasteiger partial charge in [-0.3, -0.25) is 0 Å². The largest absolute Gasteiger partial charge is 0.310 e. The Balaban J connectivity index is 1.09. The van der Waals surface area contributed by atoms with Crippen molar-refractivity contribution in [2.45, 2.75) is 0 Å². The van der Waals surface area contributed by atoms with E-state index in [0.29, 0.717) is 0 Å². The predicted octanol–water partition coefficient (Wildman–Crippen LogP) is 15.1. The number of fused-ring (bicyclic) bond motifs is 7. The van der Waals surface area contributed by atoms with Gasteiger partial charge in [-0.25, -0.2) is 0 Å². The molecule has 0 amide bonds. The van der Waals surface area contributed by atoms with E-state index in [4.69, 9.17) is 0 Å². The maximum absolute atomic E-state index is 2.41. The van der Waals surface area contributed by atoms with E-state index in [1.807, 2.05) is 11.3 Å². The molecular weight excluding hydrogens is 685 g/mol. The Hall–Kier alpha value is -6.94. The average Bonchev–Trinajstić information content (AvgIpc) is 3.80. The number of thiophene rings is 1. The van der Waals surface area contributed by atoms with Gasteiger partial charge in [0.2, 0.25) is 0 Å². The lowest BCUT2D eigenvalue weighted by Gasteiger charge is -2.26. The van der Waals surface area contributed by atoms with Gasteiger partial charge in [0.25, 0.3) is 0 Å². The van der Waals surface area contributed by atoms with Crippen molar-refractivity contribution < 1.29 is 0 Å². The molecule has 3 heteroatoms. The zero-order chi connectivity index (χ0) is 36.3. The summed E-state index contributed by atoms with van der Waals surface area (Å²) in [5.74, 6) is 0. The van der Waals surface area contributed by atoms with E-state index < -0.39 is 0 Å². The molecule has 0 aliphatic carbocycles. The van der Waals surface area contributed by atoms with Crippen LogP contribution in [0.5, 0.6) is 0 Å². The Morgan fingerprint density at radius 3 is 1.67 bits per heavy atom. The summed E-state index contributed by atoms with van der Waals surface area (Å²) in [6.07, 6.45) is 0. The number of nitrogens with zero attached hydrogens (tertiary/aromatic N) is 2. The summed E-state index contributed by atoms with van der Waals surface area (Å²) in [5, 5.41) is 7.63. The lowest BCUT2D eigenvalue weighted by molar-refractivity contribution is 1.17. The quantitative estimate of drug-likeness (QED) is 0.166. The van der Waals surface area contributed by atoms with E-state index in [1.54, 1.807) is 0 Å². The minimum Gasteiger partial charge on any atom is -0.310 e. The van der Waals surface area contributed by atoms with E-state index in [0.717, 1.165) is 22.7 Å². The van der Waals surface area contributed by atoms with E-state index in [-0.39, 0.29) is 0 Å². The molecule has 0 aliphatic heterocycles. The summed E-state index contributed by atoms with van der Waals surface area (Å²) in [7, 11) is 0. The van der Waals surface area contributed by atoms with Crippen molar-refractivity contribution in [3.63, 3.8) is 0 Å². The molecule has 0 saturated heterocycles. The number of hydrogen-bond donors (Lipinski definition) is 0. The predicted molar refractivity (Wildman–Crippen MR) is 237 cm³/mol. The molecule has 0 bridgehead atoms. The van der Waals surface area contributed by atoms with Gasteiger partial charge in [-0.15, -0.1) is 11.3 Å². The van der Waals surface area contributed by atoms with Crippen LogP contribution in [0.15, 0.2) is 206 Å². The molecule has 2 heterocycles. The van der Waals surface area contributed by atoms with E-state index in [9.17, 15) is 0 Å². The molecule has 0 radical (unpaired) electrons. The minimum absolute atomic E-state index is 1.10. The van der Waals surface area contributed by atoms with Crippen LogP contribution in [-0.2, 0) is 0 Å². The monoisotopic (exact) mass is 718 g/mol. The fraction of sp³-hybridized carbons (Fsp3) is 0. The van der Waals surface area contributed by atoms with E-state index >= 15 is 0 Å². The molecule has 0 fully saturated rings. The Kier molecular flexibility index (Phi) is 7.39. The maximum atomic E-state index is 2.41. The second kappa shape index (κ2) is 12.9. The molecule has 11 rings (SSSR count). The number of anilines is 3. The van der Waals surface area contributed by atoms with E-state index in [2.05, 4.69) is 216 Å². The van der Waals surface area contributed by atoms with Crippen molar-refractivity contribution in [3.05, 3.63) is 206 Å². The number of benzene rings is 9. The van der Waals surface area contributed by atoms with Crippen molar-refractivity contribution in [1.82, 2.24) is 4.57 Å². The first-order valence-corrected chi connectivity index (χ1v) is 19.6. The van der Waals surface area contributed by atoms with Crippen molar-refractivity contribution in [2.24, 2.45) is 0 Å². The van der Waals surface area contributed by atoms with Crippen LogP contribution in [0, 0.1) is 0 Å². The van der Waals surface area contributed by atoms with Crippen LogP contribution in [0.2, 0.25) is 0 Å². The molecule has 258 valence electrons. The standard InChI is InChI=1S/C52H34N2S/c1-2-13-35(14-3-1)42-22-11-15-36-16-12-23-43(52(36)42)37-17-10-18-40(33-37)53(41-31-32-47-46-21-6-9-26-50(46)55-51(47)34-41)38-27-29-39(30-28-38)54-48-24-7-4-19-44(48)45-20-5-8-25-49(45)54/h1-34H. The molecular formula is C52H34N2S. The van der Waals surface area contributed by atoms with Crippen LogP contribution in [0.4, 0.5) is 17.1 Å².